The third kappa shape index (κ3) is 5.11. The third-order valence-corrected chi connectivity index (χ3v) is 15.0. The number of hydrogen-bond acceptors (Lipinski definition) is 4. The molecule has 10 aromatic carbocycles. The normalized spacial score (nSPS) is 13.3. The first-order valence-electron chi connectivity index (χ1n) is 22.2. The van der Waals surface area contributed by atoms with Gasteiger partial charge in [-0.3, -0.25) is 0 Å². The van der Waals surface area contributed by atoms with Crippen LogP contribution in [0, 0.1) is 0 Å². The van der Waals surface area contributed by atoms with E-state index in [-0.39, 0.29) is 0 Å². The molecule has 1 aliphatic heterocycles. The van der Waals surface area contributed by atoms with E-state index in [1.807, 2.05) is 17.4 Å². The van der Waals surface area contributed by atoms with Gasteiger partial charge in [-0.15, -0.1) is 11.3 Å². The SMILES string of the molecule is c1ccc(N(c2ccc(-c3cccc4c3sc3ccccc34)cc2)c2ccccc2-c2cccc3c2Oc2c(ccc4c2-c2ccccc2C42c4ccccc4-c4ccccc42)O3)cc1. The molecular formula is C61H37NO2S. The summed E-state index contributed by atoms with van der Waals surface area (Å²) < 4.78 is 16.9. The van der Waals surface area contributed by atoms with Gasteiger partial charge in [0.25, 0.3) is 0 Å². The van der Waals surface area contributed by atoms with Crippen LogP contribution in [0.1, 0.15) is 22.3 Å². The van der Waals surface area contributed by atoms with Gasteiger partial charge in [0.1, 0.15) is 0 Å². The van der Waals surface area contributed by atoms with Crippen molar-refractivity contribution >= 4 is 48.6 Å². The van der Waals surface area contributed by atoms with Gasteiger partial charge < -0.3 is 14.4 Å². The standard InChI is InChI=1S/C61H37NO2S/c1-2-16-39(17-3-1)62(40-34-32-38(33-35-40)41-23-14-25-47-45-21-8-13-31-56(45)65-60(41)47)53-29-12-7-20-44(53)46-24-15-30-54-58(46)64-59-55(63-54)37-36-52-57(59)48-22-6-11-28-51(48)61(52)49-26-9-4-18-42(49)43-19-5-10-27-50(43)61/h1-37H. The Labute approximate surface area is 380 Å². The van der Waals surface area contributed by atoms with E-state index in [4.69, 9.17) is 9.47 Å². The highest BCUT2D eigenvalue weighted by Crippen LogP contribution is 2.66. The first-order valence-corrected chi connectivity index (χ1v) is 23.0. The Morgan fingerprint density at radius 1 is 0.354 bits per heavy atom. The highest BCUT2D eigenvalue weighted by atomic mass is 32.1. The van der Waals surface area contributed by atoms with Crippen molar-refractivity contribution in [3.8, 4) is 67.5 Å². The molecule has 3 nitrogen and oxygen atoms in total. The van der Waals surface area contributed by atoms with Crippen LogP contribution in [0.4, 0.5) is 17.1 Å². The molecule has 0 radical (unpaired) electrons. The van der Waals surface area contributed by atoms with Crippen LogP contribution >= 0.6 is 11.3 Å². The van der Waals surface area contributed by atoms with Gasteiger partial charge in [0.05, 0.1) is 11.1 Å². The molecule has 0 unspecified atom stereocenters. The minimum absolute atomic E-state index is 0.486. The third-order valence-electron chi connectivity index (χ3n) is 13.8. The average molecular weight is 848 g/mol. The van der Waals surface area contributed by atoms with E-state index in [1.165, 1.54) is 64.7 Å². The van der Waals surface area contributed by atoms with Gasteiger partial charge in [-0.05, 0) is 98.6 Å². The summed E-state index contributed by atoms with van der Waals surface area (Å²) >= 11 is 1.86. The average Bonchev–Trinajstić information content (AvgIpc) is 4.01. The molecule has 1 spiro atoms. The Morgan fingerprint density at radius 3 is 1.71 bits per heavy atom. The molecule has 65 heavy (non-hydrogen) atoms. The van der Waals surface area contributed by atoms with Crippen molar-refractivity contribution in [3.05, 3.63) is 247 Å². The lowest BCUT2D eigenvalue weighted by atomic mass is 9.70. The summed E-state index contributed by atoms with van der Waals surface area (Å²) in [4.78, 5) is 2.35. The number of anilines is 3. The minimum Gasteiger partial charge on any atom is -0.449 e. The molecule has 0 saturated carbocycles. The van der Waals surface area contributed by atoms with Crippen LogP contribution in [0.25, 0.3) is 64.7 Å². The maximum atomic E-state index is 7.37. The summed E-state index contributed by atoms with van der Waals surface area (Å²) in [7, 11) is 0. The zero-order valence-electron chi connectivity index (χ0n) is 35.0. The Hall–Kier alpha value is -8.18. The highest BCUT2D eigenvalue weighted by molar-refractivity contribution is 7.26. The van der Waals surface area contributed by atoms with Crippen molar-refractivity contribution in [2.24, 2.45) is 0 Å². The van der Waals surface area contributed by atoms with Crippen LogP contribution in [-0.4, -0.2) is 0 Å². The number of ether oxygens (including phenoxy) is 2. The largest absolute Gasteiger partial charge is 0.449 e. The second kappa shape index (κ2) is 13.9. The summed E-state index contributed by atoms with van der Waals surface area (Å²) in [6.45, 7) is 0. The molecule has 0 atom stereocenters. The van der Waals surface area contributed by atoms with Crippen LogP contribution in [0.5, 0.6) is 23.0 Å². The molecule has 3 aliphatic rings. The molecule has 0 bridgehead atoms. The van der Waals surface area contributed by atoms with Gasteiger partial charge in [-0.1, -0.05) is 176 Å². The molecule has 2 aliphatic carbocycles. The molecule has 11 aromatic rings. The molecule has 0 saturated heterocycles. The van der Waals surface area contributed by atoms with Crippen molar-refractivity contribution in [3.63, 3.8) is 0 Å². The van der Waals surface area contributed by atoms with Crippen LogP contribution in [0.3, 0.4) is 0 Å². The van der Waals surface area contributed by atoms with E-state index in [1.54, 1.807) is 0 Å². The second-order valence-corrected chi connectivity index (χ2v) is 18.1. The Kier molecular flexibility index (Phi) is 7.77. The number of rotatable bonds is 5. The van der Waals surface area contributed by atoms with Crippen molar-refractivity contribution in [1.82, 2.24) is 0 Å². The van der Waals surface area contributed by atoms with Gasteiger partial charge in [-0.2, -0.15) is 0 Å². The van der Waals surface area contributed by atoms with Gasteiger partial charge >= 0.3 is 0 Å². The lowest BCUT2D eigenvalue weighted by molar-refractivity contribution is 0.361. The summed E-state index contributed by atoms with van der Waals surface area (Å²) in [5.74, 6) is 2.85. The quantitative estimate of drug-likeness (QED) is 0.172. The van der Waals surface area contributed by atoms with E-state index in [2.05, 4.69) is 223 Å². The van der Waals surface area contributed by atoms with E-state index >= 15 is 0 Å². The molecule has 304 valence electrons. The Bertz CT molecular complexity index is 3690. The number of thiophene rings is 1. The fourth-order valence-electron chi connectivity index (χ4n) is 11.1. The molecule has 0 amide bonds. The predicted molar refractivity (Wildman–Crippen MR) is 268 cm³/mol. The monoisotopic (exact) mass is 847 g/mol. The van der Waals surface area contributed by atoms with Crippen molar-refractivity contribution < 1.29 is 9.47 Å². The first kappa shape index (κ1) is 36.3. The van der Waals surface area contributed by atoms with Crippen LogP contribution in [0.15, 0.2) is 224 Å². The zero-order chi connectivity index (χ0) is 42.6. The fourth-order valence-corrected chi connectivity index (χ4v) is 12.4. The molecular weight excluding hydrogens is 811 g/mol. The molecule has 14 rings (SSSR count). The zero-order valence-corrected chi connectivity index (χ0v) is 35.9. The lowest BCUT2D eigenvalue weighted by Gasteiger charge is -2.31. The van der Waals surface area contributed by atoms with Crippen molar-refractivity contribution in [2.45, 2.75) is 5.41 Å². The number of hydrogen-bond donors (Lipinski definition) is 0. The molecule has 0 fully saturated rings. The molecule has 2 heterocycles. The topological polar surface area (TPSA) is 21.7 Å². The molecule has 1 aromatic heterocycles. The summed E-state index contributed by atoms with van der Waals surface area (Å²) in [5, 5.41) is 2.61. The van der Waals surface area contributed by atoms with Gasteiger partial charge in [-0.25, -0.2) is 0 Å². The Morgan fingerprint density at radius 2 is 0.923 bits per heavy atom. The second-order valence-electron chi connectivity index (χ2n) is 17.1. The van der Waals surface area contributed by atoms with E-state index in [9.17, 15) is 0 Å². The predicted octanol–water partition coefficient (Wildman–Crippen LogP) is 17.1. The number of nitrogens with zero attached hydrogens (tertiary/aromatic N) is 1. The smallest absolute Gasteiger partial charge is 0.178 e. The maximum Gasteiger partial charge on any atom is 0.178 e. The molecule has 4 heteroatoms. The first-order chi connectivity index (χ1) is 32.3. The van der Waals surface area contributed by atoms with Gasteiger partial charge in [0.15, 0.2) is 23.0 Å². The van der Waals surface area contributed by atoms with Gasteiger partial charge in [0, 0.05) is 48.2 Å². The van der Waals surface area contributed by atoms with Crippen molar-refractivity contribution in [2.75, 3.05) is 4.90 Å². The van der Waals surface area contributed by atoms with Crippen LogP contribution in [0.2, 0.25) is 0 Å². The number of benzene rings is 10. The minimum atomic E-state index is -0.486. The van der Waals surface area contributed by atoms with Crippen molar-refractivity contribution in [1.29, 1.82) is 0 Å². The molecule has 0 N–H and O–H groups in total. The van der Waals surface area contributed by atoms with Crippen LogP contribution in [-0.2, 0) is 5.41 Å². The summed E-state index contributed by atoms with van der Waals surface area (Å²) in [6, 6.07) is 80.9. The fraction of sp³-hybridized carbons (Fsp3) is 0.0164. The summed E-state index contributed by atoms with van der Waals surface area (Å²) in [6.07, 6.45) is 0. The van der Waals surface area contributed by atoms with E-state index in [0.717, 1.165) is 45.1 Å². The number of para-hydroxylation sites is 3. The van der Waals surface area contributed by atoms with Gasteiger partial charge in [0.2, 0.25) is 0 Å². The lowest BCUT2D eigenvalue weighted by Crippen LogP contribution is -2.25. The maximum absolute atomic E-state index is 7.37. The van der Waals surface area contributed by atoms with Crippen LogP contribution < -0.4 is 14.4 Å². The highest BCUT2D eigenvalue weighted by Gasteiger charge is 2.53. The summed E-state index contributed by atoms with van der Waals surface area (Å²) in [5.41, 5.74) is 16.9. The van der Waals surface area contributed by atoms with E-state index in [0.29, 0.717) is 17.2 Å². The Balaban J connectivity index is 0.909. The van der Waals surface area contributed by atoms with E-state index < -0.39 is 5.41 Å². The number of fused-ring (bicyclic) bond motifs is 16.